The summed E-state index contributed by atoms with van der Waals surface area (Å²) in [5.74, 6) is -0.130. The maximum atomic E-state index is 11.6. The van der Waals surface area contributed by atoms with Crippen LogP contribution in [0.4, 0.5) is 0 Å². The van der Waals surface area contributed by atoms with Gasteiger partial charge in [0.05, 0.1) is 7.11 Å². The fraction of sp³-hybridized carbons (Fsp3) is 0.643. The van der Waals surface area contributed by atoms with Gasteiger partial charge in [-0.2, -0.15) is 0 Å². The number of carbonyl (C=O) groups is 1. The normalized spacial score (nSPS) is 19.8. The van der Waals surface area contributed by atoms with Crippen molar-refractivity contribution in [3.63, 3.8) is 0 Å². The third-order valence-corrected chi connectivity index (χ3v) is 3.52. The molecule has 0 N–H and O–H groups in total. The summed E-state index contributed by atoms with van der Waals surface area (Å²) in [4.78, 5) is 16.5. The lowest BCUT2D eigenvalue weighted by Crippen LogP contribution is -2.24. The van der Waals surface area contributed by atoms with Crippen LogP contribution in [0, 0.1) is 5.41 Å². The Labute approximate surface area is 104 Å². The van der Waals surface area contributed by atoms with E-state index in [1.54, 1.807) is 13.1 Å². The van der Waals surface area contributed by atoms with Crippen molar-refractivity contribution >= 4 is 5.91 Å². The Morgan fingerprint density at radius 2 is 2.12 bits per heavy atom. The molecule has 0 aromatic carbocycles. The summed E-state index contributed by atoms with van der Waals surface area (Å²) in [5.41, 5.74) is 2.86. The molecule has 1 rings (SSSR count). The first kappa shape index (κ1) is 14.0. The Hall–Kier alpha value is -1.09. The van der Waals surface area contributed by atoms with E-state index in [0.29, 0.717) is 0 Å². The molecule has 17 heavy (non-hydrogen) atoms. The second kappa shape index (κ2) is 5.50. The molecule has 0 atom stereocenters. The van der Waals surface area contributed by atoms with E-state index in [-0.39, 0.29) is 11.3 Å². The molecule has 1 amide bonds. The Balaban J connectivity index is 2.85. The molecule has 0 aromatic rings. The van der Waals surface area contributed by atoms with Crippen molar-refractivity contribution in [2.45, 2.75) is 40.0 Å². The van der Waals surface area contributed by atoms with Crippen molar-refractivity contribution in [2.75, 3.05) is 14.2 Å². The highest BCUT2D eigenvalue weighted by Gasteiger charge is 2.26. The standard InChI is InChI=1S/C14H23NO2/c1-11-7-6-10-14(2,3)12(11)8-9-13(16)15(4)17-5/h8-9H,6-7,10H2,1-5H3/b9-8+. The van der Waals surface area contributed by atoms with Crippen LogP contribution in [0.25, 0.3) is 0 Å². The van der Waals surface area contributed by atoms with Gasteiger partial charge in [0, 0.05) is 13.1 Å². The zero-order valence-corrected chi connectivity index (χ0v) is 11.5. The monoisotopic (exact) mass is 237 g/mol. The molecule has 1 aliphatic rings. The van der Waals surface area contributed by atoms with E-state index in [2.05, 4.69) is 20.8 Å². The molecular weight excluding hydrogens is 214 g/mol. The fourth-order valence-corrected chi connectivity index (χ4v) is 2.36. The van der Waals surface area contributed by atoms with E-state index in [0.717, 1.165) is 6.42 Å². The third-order valence-electron chi connectivity index (χ3n) is 3.52. The van der Waals surface area contributed by atoms with Crippen molar-refractivity contribution in [2.24, 2.45) is 5.41 Å². The number of hydrogen-bond donors (Lipinski definition) is 0. The molecule has 3 heteroatoms. The highest BCUT2D eigenvalue weighted by molar-refractivity contribution is 5.87. The first-order valence-electron chi connectivity index (χ1n) is 6.08. The summed E-state index contributed by atoms with van der Waals surface area (Å²) in [6, 6.07) is 0. The minimum atomic E-state index is -0.130. The molecule has 96 valence electrons. The van der Waals surface area contributed by atoms with E-state index in [1.165, 1.54) is 36.2 Å². The summed E-state index contributed by atoms with van der Waals surface area (Å²) in [6.45, 7) is 6.63. The van der Waals surface area contributed by atoms with Crippen LogP contribution in [0.5, 0.6) is 0 Å². The average molecular weight is 237 g/mol. The molecule has 0 saturated heterocycles. The smallest absolute Gasteiger partial charge is 0.269 e. The van der Waals surface area contributed by atoms with Crippen LogP contribution in [-0.2, 0) is 9.63 Å². The van der Waals surface area contributed by atoms with Gasteiger partial charge in [-0.1, -0.05) is 25.5 Å². The van der Waals surface area contributed by atoms with Gasteiger partial charge >= 0.3 is 0 Å². The Bertz CT molecular complexity index is 353. The van der Waals surface area contributed by atoms with Gasteiger partial charge in [0.2, 0.25) is 0 Å². The van der Waals surface area contributed by atoms with Gasteiger partial charge in [0.1, 0.15) is 0 Å². The number of rotatable bonds is 3. The zero-order chi connectivity index (χ0) is 13.1. The number of nitrogens with zero attached hydrogens (tertiary/aromatic N) is 1. The van der Waals surface area contributed by atoms with Crippen molar-refractivity contribution < 1.29 is 9.63 Å². The van der Waals surface area contributed by atoms with Gasteiger partial charge in [-0.05, 0) is 37.2 Å². The molecule has 0 unspecified atom stereocenters. The SMILES string of the molecule is CON(C)C(=O)/C=C/C1=C(C)CCCC1(C)C. The number of hydroxylamine groups is 2. The lowest BCUT2D eigenvalue weighted by Gasteiger charge is -2.32. The number of likely N-dealkylation sites (N-methyl/N-ethyl adjacent to an activating group) is 1. The highest BCUT2D eigenvalue weighted by Crippen LogP contribution is 2.40. The van der Waals surface area contributed by atoms with Gasteiger partial charge in [0.25, 0.3) is 5.91 Å². The molecule has 0 saturated carbocycles. The van der Waals surface area contributed by atoms with E-state index in [4.69, 9.17) is 4.84 Å². The maximum Gasteiger partial charge on any atom is 0.269 e. The molecule has 0 aliphatic heterocycles. The number of allylic oxidation sites excluding steroid dienone is 3. The van der Waals surface area contributed by atoms with Gasteiger partial charge in [-0.15, -0.1) is 0 Å². The van der Waals surface area contributed by atoms with E-state index < -0.39 is 0 Å². The predicted molar refractivity (Wildman–Crippen MR) is 69.3 cm³/mol. The lowest BCUT2D eigenvalue weighted by molar-refractivity contribution is -0.162. The summed E-state index contributed by atoms with van der Waals surface area (Å²) in [6.07, 6.45) is 7.10. The second-order valence-electron chi connectivity index (χ2n) is 5.28. The van der Waals surface area contributed by atoms with Crippen molar-refractivity contribution in [3.8, 4) is 0 Å². The summed E-state index contributed by atoms with van der Waals surface area (Å²) < 4.78 is 0. The van der Waals surface area contributed by atoms with E-state index in [1.807, 2.05) is 6.08 Å². The van der Waals surface area contributed by atoms with Crippen LogP contribution in [0.15, 0.2) is 23.3 Å². The highest BCUT2D eigenvalue weighted by atomic mass is 16.7. The predicted octanol–water partition coefficient (Wildman–Crippen LogP) is 3.09. The third kappa shape index (κ3) is 3.43. The van der Waals surface area contributed by atoms with Gasteiger partial charge in [0.15, 0.2) is 0 Å². The van der Waals surface area contributed by atoms with Crippen LogP contribution in [0.1, 0.15) is 40.0 Å². The lowest BCUT2D eigenvalue weighted by atomic mass is 9.72. The Morgan fingerprint density at radius 1 is 1.47 bits per heavy atom. The minimum absolute atomic E-state index is 0.130. The summed E-state index contributed by atoms with van der Waals surface area (Å²) in [5, 5.41) is 1.22. The van der Waals surface area contributed by atoms with Crippen LogP contribution < -0.4 is 0 Å². The first-order valence-corrected chi connectivity index (χ1v) is 6.08. The summed E-state index contributed by atoms with van der Waals surface area (Å²) in [7, 11) is 3.10. The van der Waals surface area contributed by atoms with Crippen molar-refractivity contribution in [3.05, 3.63) is 23.3 Å². The Kier molecular flexibility index (Phi) is 4.52. The fourth-order valence-electron chi connectivity index (χ4n) is 2.36. The maximum absolute atomic E-state index is 11.6. The first-order chi connectivity index (χ1) is 7.88. The quantitative estimate of drug-likeness (QED) is 0.557. The van der Waals surface area contributed by atoms with Crippen molar-refractivity contribution in [1.29, 1.82) is 0 Å². The van der Waals surface area contributed by atoms with E-state index in [9.17, 15) is 4.79 Å². The zero-order valence-electron chi connectivity index (χ0n) is 11.5. The molecule has 0 heterocycles. The minimum Gasteiger partial charge on any atom is -0.274 e. The number of carbonyl (C=O) groups excluding carboxylic acids is 1. The molecule has 0 radical (unpaired) electrons. The van der Waals surface area contributed by atoms with Crippen LogP contribution in [0.3, 0.4) is 0 Å². The second-order valence-corrected chi connectivity index (χ2v) is 5.28. The van der Waals surface area contributed by atoms with Gasteiger partial charge in [-0.25, -0.2) is 5.06 Å². The van der Waals surface area contributed by atoms with Crippen LogP contribution in [0.2, 0.25) is 0 Å². The van der Waals surface area contributed by atoms with Crippen LogP contribution in [-0.4, -0.2) is 25.1 Å². The van der Waals surface area contributed by atoms with Crippen molar-refractivity contribution in [1.82, 2.24) is 5.06 Å². The molecule has 0 fully saturated rings. The number of amides is 1. The average Bonchev–Trinajstić information content (AvgIpc) is 2.26. The molecule has 0 spiro atoms. The molecule has 3 nitrogen and oxygen atoms in total. The van der Waals surface area contributed by atoms with Gasteiger partial charge in [-0.3, -0.25) is 9.63 Å². The topological polar surface area (TPSA) is 29.5 Å². The van der Waals surface area contributed by atoms with Crippen LogP contribution >= 0.6 is 0 Å². The molecule has 1 aliphatic carbocycles. The molecule has 0 aromatic heterocycles. The molecular formula is C14H23NO2. The largest absolute Gasteiger partial charge is 0.274 e. The van der Waals surface area contributed by atoms with E-state index >= 15 is 0 Å². The Morgan fingerprint density at radius 3 is 2.65 bits per heavy atom. The molecule has 0 bridgehead atoms. The number of hydrogen-bond acceptors (Lipinski definition) is 2. The van der Waals surface area contributed by atoms with Gasteiger partial charge < -0.3 is 0 Å². The summed E-state index contributed by atoms with van der Waals surface area (Å²) >= 11 is 0.